The van der Waals surface area contributed by atoms with Crippen molar-refractivity contribution in [2.45, 2.75) is 49.4 Å². The summed E-state index contributed by atoms with van der Waals surface area (Å²) in [5, 5.41) is 0. The highest BCUT2D eigenvalue weighted by Crippen LogP contribution is 2.86. The number of rotatable bonds is 7. The van der Waals surface area contributed by atoms with Gasteiger partial charge >= 0.3 is 15.6 Å². The summed E-state index contributed by atoms with van der Waals surface area (Å²) in [5.74, 6) is 0. The van der Waals surface area contributed by atoms with Gasteiger partial charge in [-0.15, -0.1) is 3.97 Å². The van der Waals surface area contributed by atoms with Gasteiger partial charge in [0.2, 0.25) is 0 Å². The van der Waals surface area contributed by atoms with Crippen LogP contribution in [0, 0.1) is 0 Å². The van der Waals surface area contributed by atoms with E-state index in [0.717, 1.165) is 17.5 Å². The number of halogens is 3. The topological polar surface area (TPSA) is 43.4 Å². The van der Waals surface area contributed by atoms with Crippen LogP contribution >= 0.6 is 7.49 Å². The fourth-order valence-electron chi connectivity index (χ4n) is 4.24. The maximum absolute atomic E-state index is 13.3. The lowest BCUT2D eigenvalue weighted by Crippen LogP contribution is -2.28. The van der Waals surface area contributed by atoms with Gasteiger partial charge in [0.1, 0.15) is 11.3 Å². The Labute approximate surface area is 170 Å². The summed E-state index contributed by atoms with van der Waals surface area (Å²) < 4.78 is 69.8. The molecule has 1 fully saturated rings. The molecule has 2 aromatic carbocycles. The van der Waals surface area contributed by atoms with Gasteiger partial charge in [0.05, 0.1) is 6.16 Å². The maximum atomic E-state index is 13.3. The van der Waals surface area contributed by atoms with Crippen LogP contribution in [0.4, 0.5) is 13.2 Å². The number of hydrogen-bond acceptors (Lipinski definition) is 3. The molecule has 0 radical (unpaired) electrons. The Kier molecular flexibility index (Phi) is 6.71. The molecule has 1 saturated heterocycles. The highest BCUT2D eigenvalue weighted by atomic mass is 32.2. The van der Waals surface area contributed by atoms with Crippen LogP contribution in [0.15, 0.2) is 60.7 Å². The Morgan fingerprint density at radius 1 is 0.931 bits per heavy atom. The predicted octanol–water partition coefficient (Wildman–Crippen LogP) is 6.86. The van der Waals surface area contributed by atoms with E-state index in [1.54, 1.807) is 0 Å². The van der Waals surface area contributed by atoms with Gasteiger partial charge in [-0.25, -0.2) is 0 Å². The van der Waals surface area contributed by atoms with Crippen molar-refractivity contribution in [3.8, 4) is 0 Å². The lowest BCUT2D eigenvalue weighted by Gasteiger charge is -2.32. The molecule has 1 aliphatic rings. The zero-order chi connectivity index (χ0) is 21.1. The minimum Gasteiger partial charge on any atom is -0.186 e. The predicted molar refractivity (Wildman–Crippen MR) is 110 cm³/mol. The van der Waals surface area contributed by atoms with E-state index in [1.807, 2.05) is 67.6 Å². The van der Waals surface area contributed by atoms with Crippen molar-refractivity contribution in [1.82, 2.24) is 0 Å². The first-order valence-electron chi connectivity index (χ1n) is 9.71. The fraction of sp³-hybridized carbons (Fsp3) is 0.429. The molecule has 0 bridgehead atoms. The van der Waals surface area contributed by atoms with Gasteiger partial charge in [-0.05, 0) is 30.4 Å². The van der Waals surface area contributed by atoms with Crippen LogP contribution in [0.1, 0.15) is 55.1 Å². The van der Waals surface area contributed by atoms with E-state index in [4.69, 9.17) is 3.97 Å². The first-order valence-corrected chi connectivity index (χ1v) is 13.1. The molecule has 1 aliphatic heterocycles. The van der Waals surface area contributed by atoms with E-state index < -0.39 is 23.1 Å². The van der Waals surface area contributed by atoms with Crippen LogP contribution in [0.5, 0.6) is 0 Å². The SMILES string of the molecule is CCCC[P+]1(OS(=O)(=O)C(F)(F)F)[C@H](c2ccccc2)CC[C@H]1c1ccccc1. The van der Waals surface area contributed by atoms with E-state index in [0.29, 0.717) is 25.4 Å². The van der Waals surface area contributed by atoms with Crippen molar-refractivity contribution in [2.75, 3.05) is 6.16 Å². The highest BCUT2D eigenvalue weighted by Gasteiger charge is 2.66. The van der Waals surface area contributed by atoms with Crippen molar-refractivity contribution < 1.29 is 25.6 Å². The maximum Gasteiger partial charge on any atom is 0.526 e. The fourth-order valence-corrected chi connectivity index (χ4v) is 11.6. The number of benzene rings is 2. The molecule has 158 valence electrons. The minimum absolute atomic E-state index is 0.336. The summed E-state index contributed by atoms with van der Waals surface area (Å²) in [6.45, 7) is 1.94. The van der Waals surface area contributed by atoms with Crippen LogP contribution in [0.25, 0.3) is 0 Å². The molecule has 1 heterocycles. The quantitative estimate of drug-likeness (QED) is 0.345. The summed E-state index contributed by atoms with van der Waals surface area (Å²) >= 11 is 0. The molecule has 0 amide bonds. The number of unbranched alkanes of at least 4 members (excludes halogenated alkanes) is 1. The second-order valence-corrected chi connectivity index (χ2v) is 12.7. The van der Waals surface area contributed by atoms with Crippen molar-refractivity contribution in [2.24, 2.45) is 0 Å². The van der Waals surface area contributed by atoms with Gasteiger partial charge in [0, 0.05) is 0 Å². The average molecular weight is 445 g/mol. The zero-order valence-electron chi connectivity index (χ0n) is 16.2. The van der Waals surface area contributed by atoms with Gasteiger partial charge in [0.15, 0.2) is 7.49 Å². The lowest BCUT2D eigenvalue weighted by molar-refractivity contribution is -0.0499. The number of alkyl halides is 3. The van der Waals surface area contributed by atoms with Gasteiger partial charge < -0.3 is 0 Å². The van der Waals surface area contributed by atoms with Crippen molar-refractivity contribution in [1.29, 1.82) is 0 Å². The molecule has 29 heavy (non-hydrogen) atoms. The molecule has 0 spiro atoms. The third-order valence-electron chi connectivity index (χ3n) is 5.52. The zero-order valence-corrected chi connectivity index (χ0v) is 17.9. The van der Waals surface area contributed by atoms with E-state index in [1.165, 1.54) is 0 Å². The standard InChI is InChI=1S/C21H25F3O3PS/c1-2-3-16-28(27-29(25,26)21(22,23)24)19(17-10-6-4-7-11-17)14-15-20(28)18-12-8-5-9-13-18/h4-13,19-20H,2-3,14-16H2,1H3/q+1/t19-,20-/m0/s1. The second kappa shape index (κ2) is 8.75. The molecule has 2 aromatic rings. The summed E-state index contributed by atoms with van der Waals surface area (Å²) in [5.41, 5.74) is -4.40. The summed E-state index contributed by atoms with van der Waals surface area (Å²) in [7, 11) is -8.76. The lowest BCUT2D eigenvalue weighted by atomic mass is 10.0. The minimum atomic E-state index is -5.70. The Bertz CT molecular complexity index is 854. The largest absolute Gasteiger partial charge is 0.526 e. The summed E-state index contributed by atoms with van der Waals surface area (Å²) in [6, 6.07) is 18.5. The van der Waals surface area contributed by atoms with Gasteiger partial charge in [-0.3, -0.25) is 0 Å². The number of hydrogen-bond donors (Lipinski definition) is 0. The molecule has 0 aliphatic carbocycles. The molecule has 0 N–H and O–H groups in total. The third kappa shape index (κ3) is 4.52. The van der Waals surface area contributed by atoms with Gasteiger partial charge in [-0.1, -0.05) is 74.0 Å². The normalized spacial score (nSPS) is 21.9. The molecule has 0 saturated carbocycles. The molecule has 2 atom stereocenters. The van der Waals surface area contributed by atoms with Crippen molar-refractivity contribution in [3.05, 3.63) is 71.8 Å². The molecule has 0 aromatic heterocycles. The Hall–Kier alpha value is -1.43. The first kappa shape index (κ1) is 22.3. The Balaban J connectivity index is 2.16. The molecule has 8 heteroatoms. The Morgan fingerprint density at radius 3 is 1.76 bits per heavy atom. The smallest absolute Gasteiger partial charge is 0.186 e. The van der Waals surface area contributed by atoms with Crippen LogP contribution in [-0.2, 0) is 14.1 Å². The van der Waals surface area contributed by atoms with E-state index in [9.17, 15) is 21.6 Å². The molecule has 3 rings (SSSR count). The van der Waals surface area contributed by atoms with E-state index in [-0.39, 0.29) is 11.3 Å². The molecular weight excluding hydrogens is 420 g/mol. The highest BCUT2D eigenvalue weighted by molar-refractivity contribution is 7.94. The molecular formula is C21H25F3O3PS+. The monoisotopic (exact) mass is 445 g/mol. The van der Waals surface area contributed by atoms with Crippen LogP contribution in [0.3, 0.4) is 0 Å². The third-order valence-corrected chi connectivity index (χ3v) is 12.2. The van der Waals surface area contributed by atoms with Crippen molar-refractivity contribution >= 4 is 17.6 Å². The molecule has 0 unspecified atom stereocenters. The van der Waals surface area contributed by atoms with Crippen LogP contribution < -0.4 is 0 Å². The van der Waals surface area contributed by atoms with Crippen LogP contribution in [0.2, 0.25) is 0 Å². The second-order valence-electron chi connectivity index (χ2n) is 7.34. The van der Waals surface area contributed by atoms with E-state index >= 15 is 0 Å². The van der Waals surface area contributed by atoms with Crippen LogP contribution in [-0.4, -0.2) is 20.1 Å². The first-order chi connectivity index (χ1) is 13.7. The Morgan fingerprint density at radius 2 is 1.38 bits per heavy atom. The summed E-state index contributed by atoms with van der Waals surface area (Å²) in [4.78, 5) is 0. The van der Waals surface area contributed by atoms with Crippen molar-refractivity contribution in [3.63, 3.8) is 0 Å². The summed E-state index contributed by atoms with van der Waals surface area (Å²) in [6.07, 6.45) is 2.93. The van der Waals surface area contributed by atoms with Gasteiger partial charge in [-0.2, -0.15) is 21.6 Å². The molecule has 3 nitrogen and oxygen atoms in total. The van der Waals surface area contributed by atoms with E-state index in [2.05, 4.69) is 0 Å². The van der Waals surface area contributed by atoms with Gasteiger partial charge in [0.25, 0.3) is 0 Å². The average Bonchev–Trinajstić information content (AvgIpc) is 3.05.